The van der Waals surface area contributed by atoms with Crippen molar-refractivity contribution in [2.45, 2.75) is 104 Å². The van der Waals surface area contributed by atoms with Gasteiger partial charge < -0.3 is 18.9 Å². The Morgan fingerprint density at radius 1 is 0.810 bits per heavy atom. The molecule has 1 unspecified atom stereocenters. The molecule has 0 aromatic heterocycles. The lowest BCUT2D eigenvalue weighted by atomic mass is 9.96. The van der Waals surface area contributed by atoms with Crippen molar-refractivity contribution in [1.82, 2.24) is 0 Å². The summed E-state index contributed by atoms with van der Waals surface area (Å²) in [7, 11) is 0. The van der Waals surface area contributed by atoms with Crippen LogP contribution in [0, 0.1) is 0 Å². The minimum absolute atomic E-state index is 0.214. The summed E-state index contributed by atoms with van der Waals surface area (Å²) in [5.41, 5.74) is 2.88. The largest absolute Gasteiger partial charge is 0.489 e. The molecule has 42 heavy (non-hydrogen) atoms. The summed E-state index contributed by atoms with van der Waals surface area (Å²) in [5.74, 6) is 1.57. The summed E-state index contributed by atoms with van der Waals surface area (Å²) >= 11 is 0. The lowest BCUT2D eigenvalue weighted by Crippen LogP contribution is -2.17. The van der Waals surface area contributed by atoms with Crippen molar-refractivity contribution in [3.05, 3.63) is 83.4 Å². The molecule has 1 aliphatic heterocycles. The van der Waals surface area contributed by atoms with Crippen LogP contribution in [0.5, 0.6) is 23.0 Å². The van der Waals surface area contributed by atoms with Gasteiger partial charge in [0.2, 0.25) is 0 Å². The predicted octanol–water partition coefficient (Wildman–Crippen LogP) is 9.08. The highest BCUT2D eigenvalue weighted by atomic mass is 16.5. The van der Waals surface area contributed by atoms with Crippen molar-refractivity contribution in [2.24, 2.45) is 0 Å². The molecule has 224 valence electrons. The third-order valence-electron chi connectivity index (χ3n) is 7.53. The van der Waals surface area contributed by atoms with Crippen LogP contribution in [0.4, 0.5) is 0 Å². The molecule has 0 N–H and O–H groups in total. The maximum Gasteiger partial charge on any atom is 0.311 e. The first kappa shape index (κ1) is 31.1. The van der Waals surface area contributed by atoms with Crippen LogP contribution in [0.3, 0.4) is 0 Å². The average Bonchev–Trinajstić information content (AvgIpc) is 2.99. The molecular weight excluding hydrogens is 528 g/mol. The van der Waals surface area contributed by atoms with E-state index < -0.39 is 5.97 Å². The minimum atomic E-state index is -0.408. The number of esters is 2. The second-order valence-electron chi connectivity index (χ2n) is 11.0. The van der Waals surface area contributed by atoms with Crippen molar-refractivity contribution >= 4 is 11.9 Å². The van der Waals surface area contributed by atoms with E-state index in [0.29, 0.717) is 36.0 Å². The van der Waals surface area contributed by atoms with E-state index in [0.717, 1.165) is 42.4 Å². The summed E-state index contributed by atoms with van der Waals surface area (Å²) in [5, 5.41) is 0. The highest BCUT2D eigenvalue weighted by Gasteiger charge is 2.26. The Balaban J connectivity index is 1.31. The van der Waals surface area contributed by atoms with E-state index in [9.17, 15) is 9.59 Å². The standard InChI is InChI=1S/C36H44O6/c1-3-4-5-6-7-8-9-10-14-17-36(38)41-31-20-18-29-19-23-33(42-34(29)25-31)32-22-21-30(24-35(32)40-27(2)37)39-26-28-15-12-11-13-16-28/h11-13,15-16,18,20-22,24-25,33H,3-10,14,17,19,23,26H2,1-2H3. The molecule has 1 heterocycles. The summed E-state index contributed by atoms with van der Waals surface area (Å²) < 4.78 is 23.5. The highest BCUT2D eigenvalue weighted by Crippen LogP contribution is 2.41. The van der Waals surface area contributed by atoms with Crippen molar-refractivity contribution in [1.29, 1.82) is 0 Å². The van der Waals surface area contributed by atoms with Crippen LogP contribution in [-0.2, 0) is 22.6 Å². The van der Waals surface area contributed by atoms with E-state index in [4.69, 9.17) is 18.9 Å². The normalized spacial score (nSPS) is 14.0. The molecule has 6 nitrogen and oxygen atoms in total. The van der Waals surface area contributed by atoms with Crippen LogP contribution in [0.2, 0.25) is 0 Å². The van der Waals surface area contributed by atoms with E-state index >= 15 is 0 Å². The Labute approximate surface area is 250 Å². The Morgan fingerprint density at radius 2 is 1.52 bits per heavy atom. The second kappa shape index (κ2) is 16.6. The van der Waals surface area contributed by atoms with Gasteiger partial charge in [-0.3, -0.25) is 9.59 Å². The number of fused-ring (bicyclic) bond motifs is 1. The van der Waals surface area contributed by atoms with Gasteiger partial charge in [-0.25, -0.2) is 0 Å². The number of benzene rings is 3. The van der Waals surface area contributed by atoms with Crippen LogP contribution in [0.15, 0.2) is 66.7 Å². The maximum atomic E-state index is 12.5. The van der Waals surface area contributed by atoms with Crippen LogP contribution >= 0.6 is 0 Å². The first-order valence-electron chi connectivity index (χ1n) is 15.5. The fourth-order valence-electron chi connectivity index (χ4n) is 5.25. The van der Waals surface area contributed by atoms with Gasteiger partial charge in [-0.2, -0.15) is 0 Å². The van der Waals surface area contributed by atoms with Crippen LogP contribution < -0.4 is 18.9 Å². The van der Waals surface area contributed by atoms with Crippen LogP contribution in [0.1, 0.15) is 107 Å². The highest BCUT2D eigenvalue weighted by molar-refractivity contribution is 5.72. The molecule has 0 aliphatic carbocycles. The smallest absolute Gasteiger partial charge is 0.311 e. The number of ether oxygens (including phenoxy) is 4. The molecule has 3 aromatic rings. The zero-order valence-corrected chi connectivity index (χ0v) is 25.1. The van der Waals surface area contributed by atoms with E-state index in [1.54, 1.807) is 12.1 Å². The number of unbranched alkanes of at least 4 members (excludes halogenated alkanes) is 8. The van der Waals surface area contributed by atoms with Crippen molar-refractivity contribution < 1.29 is 28.5 Å². The molecule has 0 amide bonds. The molecule has 0 saturated carbocycles. The maximum absolute atomic E-state index is 12.5. The van der Waals surface area contributed by atoms with Crippen molar-refractivity contribution in [2.75, 3.05) is 0 Å². The SMILES string of the molecule is CCCCCCCCCCCC(=O)Oc1ccc2c(c1)OC(c1ccc(OCc3ccccc3)cc1OC(C)=O)CC2. The van der Waals surface area contributed by atoms with E-state index in [-0.39, 0.29) is 12.1 Å². The van der Waals surface area contributed by atoms with Gasteiger partial charge in [0.05, 0.1) is 0 Å². The molecule has 6 heteroatoms. The van der Waals surface area contributed by atoms with Crippen LogP contribution in [0.25, 0.3) is 0 Å². The third-order valence-corrected chi connectivity index (χ3v) is 7.53. The van der Waals surface area contributed by atoms with Crippen molar-refractivity contribution in [3.63, 3.8) is 0 Å². The van der Waals surface area contributed by atoms with E-state index in [2.05, 4.69) is 6.92 Å². The first-order valence-corrected chi connectivity index (χ1v) is 15.5. The fraction of sp³-hybridized carbons (Fsp3) is 0.444. The summed E-state index contributed by atoms with van der Waals surface area (Å²) in [4.78, 5) is 24.4. The first-order chi connectivity index (χ1) is 20.5. The van der Waals surface area contributed by atoms with Gasteiger partial charge >= 0.3 is 11.9 Å². The third kappa shape index (κ3) is 9.93. The number of hydrogen-bond acceptors (Lipinski definition) is 6. The Morgan fingerprint density at radius 3 is 2.26 bits per heavy atom. The monoisotopic (exact) mass is 572 g/mol. The number of carbonyl (C=O) groups excluding carboxylic acids is 2. The Bertz CT molecular complexity index is 1290. The number of hydrogen-bond donors (Lipinski definition) is 0. The molecular formula is C36H44O6. The topological polar surface area (TPSA) is 71.1 Å². The number of carbonyl (C=O) groups is 2. The second-order valence-corrected chi connectivity index (χ2v) is 11.0. The number of aryl methyl sites for hydroxylation is 1. The van der Waals surface area contributed by atoms with Gasteiger partial charge in [0.25, 0.3) is 0 Å². The molecule has 3 aromatic carbocycles. The van der Waals surface area contributed by atoms with Gasteiger partial charge in [0.1, 0.15) is 35.7 Å². The molecule has 0 saturated heterocycles. The molecule has 0 bridgehead atoms. The molecule has 1 atom stereocenters. The Hall–Kier alpha value is -3.80. The van der Waals surface area contributed by atoms with Crippen LogP contribution in [-0.4, -0.2) is 11.9 Å². The van der Waals surface area contributed by atoms with Gasteiger partial charge in [-0.15, -0.1) is 0 Å². The molecule has 0 spiro atoms. The fourth-order valence-corrected chi connectivity index (χ4v) is 5.25. The molecule has 0 radical (unpaired) electrons. The zero-order chi connectivity index (χ0) is 29.6. The van der Waals surface area contributed by atoms with E-state index in [1.807, 2.05) is 54.6 Å². The molecule has 0 fully saturated rings. The molecule has 1 aliphatic rings. The summed E-state index contributed by atoms with van der Waals surface area (Å²) in [6.45, 7) is 4.03. The lowest BCUT2D eigenvalue weighted by molar-refractivity contribution is -0.134. The quantitative estimate of drug-likeness (QED) is 0.0968. The average molecular weight is 573 g/mol. The van der Waals surface area contributed by atoms with Gasteiger partial charge in [-0.1, -0.05) is 94.7 Å². The number of rotatable bonds is 16. The Kier molecular flexibility index (Phi) is 12.3. The summed E-state index contributed by atoms with van der Waals surface area (Å²) in [6, 6.07) is 21.0. The zero-order valence-electron chi connectivity index (χ0n) is 25.1. The minimum Gasteiger partial charge on any atom is -0.489 e. The summed E-state index contributed by atoms with van der Waals surface area (Å²) in [6.07, 6.45) is 12.5. The van der Waals surface area contributed by atoms with Gasteiger partial charge in [0.15, 0.2) is 0 Å². The van der Waals surface area contributed by atoms with Gasteiger partial charge in [-0.05, 0) is 48.6 Å². The van der Waals surface area contributed by atoms with E-state index in [1.165, 1.54) is 51.9 Å². The predicted molar refractivity (Wildman–Crippen MR) is 164 cm³/mol. The van der Waals surface area contributed by atoms with Crippen molar-refractivity contribution in [3.8, 4) is 23.0 Å². The van der Waals surface area contributed by atoms with Gasteiger partial charge in [0, 0.05) is 31.0 Å². The molecule has 4 rings (SSSR count). The lowest BCUT2D eigenvalue weighted by Gasteiger charge is -2.28.